The quantitative estimate of drug-likeness (QED) is 0.886. The second kappa shape index (κ2) is 6.89. The number of aromatic carboxylic acids is 1. The van der Waals surface area contributed by atoms with E-state index in [0.717, 1.165) is 5.56 Å². The zero-order chi connectivity index (χ0) is 16.1. The number of carboxylic acids is 1. The summed E-state index contributed by atoms with van der Waals surface area (Å²) >= 11 is 0. The molecule has 0 saturated heterocycles. The van der Waals surface area contributed by atoms with Gasteiger partial charge in [-0.3, -0.25) is 4.79 Å². The maximum Gasteiger partial charge on any atom is 0.335 e. The van der Waals surface area contributed by atoms with E-state index in [4.69, 9.17) is 5.11 Å². The summed E-state index contributed by atoms with van der Waals surface area (Å²) in [4.78, 5) is 22.7. The third kappa shape index (κ3) is 4.19. The highest BCUT2D eigenvalue weighted by atomic mass is 16.4. The van der Waals surface area contributed by atoms with E-state index in [1.165, 1.54) is 23.3 Å². The average Bonchev–Trinajstić information content (AvgIpc) is 2.49. The predicted molar refractivity (Wildman–Crippen MR) is 86.3 cm³/mol. The zero-order valence-corrected chi connectivity index (χ0v) is 12.7. The lowest BCUT2D eigenvalue weighted by Crippen LogP contribution is -2.12. The van der Waals surface area contributed by atoms with E-state index in [0.29, 0.717) is 18.5 Å². The van der Waals surface area contributed by atoms with Crippen molar-refractivity contribution in [3.05, 3.63) is 64.7 Å². The molecule has 2 rings (SSSR count). The Bertz CT molecular complexity index is 690. The lowest BCUT2D eigenvalue weighted by molar-refractivity contribution is -0.116. The summed E-state index contributed by atoms with van der Waals surface area (Å²) < 4.78 is 0. The molecule has 0 bridgehead atoms. The highest BCUT2D eigenvalue weighted by molar-refractivity contribution is 5.92. The minimum absolute atomic E-state index is 0.0821. The molecule has 2 aromatic rings. The number of anilines is 1. The summed E-state index contributed by atoms with van der Waals surface area (Å²) in [5, 5.41) is 11.6. The summed E-state index contributed by atoms with van der Waals surface area (Å²) in [5.41, 5.74) is 4.41. The normalized spacial score (nSPS) is 10.3. The third-order valence-electron chi connectivity index (χ3n) is 3.63. The Morgan fingerprint density at radius 1 is 1.00 bits per heavy atom. The van der Waals surface area contributed by atoms with Crippen LogP contribution in [-0.2, 0) is 11.2 Å². The van der Waals surface area contributed by atoms with Crippen molar-refractivity contribution < 1.29 is 14.7 Å². The molecular weight excluding hydrogens is 278 g/mol. The Hall–Kier alpha value is -2.62. The Morgan fingerprint density at radius 2 is 1.68 bits per heavy atom. The maximum absolute atomic E-state index is 11.9. The molecule has 4 nitrogen and oxygen atoms in total. The second-order valence-electron chi connectivity index (χ2n) is 5.35. The molecule has 0 aliphatic rings. The van der Waals surface area contributed by atoms with Crippen molar-refractivity contribution >= 4 is 17.6 Å². The van der Waals surface area contributed by atoms with Gasteiger partial charge < -0.3 is 10.4 Å². The Kier molecular flexibility index (Phi) is 4.94. The molecule has 0 atom stereocenters. The molecule has 2 N–H and O–H groups in total. The molecule has 0 unspecified atom stereocenters. The Balaban J connectivity index is 1.89. The van der Waals surface area contributed by atoms with Crippen LogP contribution in [0.3, 0.4) is 0 Å². The first-order chi connectivity index (χ1) is 10.5. The molecule has 0 spiro atoms. The van der Waals surface area contributed by atoms with Crippen molar-refractivity contribution in [2.24, 2.45) is 0 Å². The summed E-state index contributed by atoms with van der Waals surface area (Å²) in [6.45, 7) is 4.12. The Labute approximate surface area is 129 Å². The van der Waals surface area contributed by atoms with Gasteiger partial charge in [0.15, 0.2) is 0 Å². The van der Waals surface area contributed by atoms with E-state index in [9.17, 15) is 9.59 Å². The smallest absolute Gasteiger partial charge is 0.335 e. The number of benzene rings is 2. The van der Waals surface area contributed by atoms with E-state index in [1.54, 1.807) is 12.1 Å². The molecule has 22 heavy (non-hydrogen) atoms. The largest absolute Gasteiger partial charge is 0.478 e. The van der Waals surface area contributed by atoms with Gasteiger partial charge in [-0.25, -0.2) is 4.79 Å². The van der Waals surface area contributed by atoms with Crippen LogP contribution in [0.15, 0.2) is 42.5 Å². The number of aryl methyl sites for hydroxylation is 3. The number of carbonyl (C=O) groups is 2. The van der Waals surface area contributed by atoms with Gasteiger partial charge >= 0.3 is 5.97 Å². The summed E-state index contributed by atoms with van der Waals surface area (Å²) in [7, 11) is 0. The van der Waals surface area contributed by atoms with Gasteiger partial charge in [0.25, 0.3) is 0 Å². The van der Waals surface area contributed by atoms with Crippen LogP contribution in [0.4, 0.5) is 5.69 Å². The Morgan fingerprint density at radius 3 is 2.27 bits per heavy atom. The molecule has 4 heteroatoms. The molecule has 0 fully saturated rings. The first-order valence-corrected chi connectivity index (χ1v) is 7.15. The number of hydrogen-bond donors (Lipinski definition) is 2. The highest BCUT2D eigenvalue weighted by Gasteiger charge is 2.06. The standard InChI is InChI=1S/C18H19NO3/c1-12-3-4-14(11-13(12)2)5-10-17(20)19-16-8-6-15(7-9-16)18(21)22/h3-4,6-9,11H,5,10H2,1-2H3,(H,19,20)(H,21,22). The molecule has 2 aromatic carbocycles. The van der Waals surface area contributed by atoms with Gasteiger partial charge in [-0.1, -0.05) is 18.2 Å². The van der Waals surface area contributed by atoms with Crippen molar-refractivity contribution in [3.8, 4) is 0 Å². The fourth-order valence-corrected chi connectivity index (χ4v) is 2.14. The van der Waals surface area contributed by atoms with Crippen LogP contribution in [0.2, 0.25) is 0 Å². The molecule has 0 aliphatic carbocycles. The number of carboxylic acid groups (broad SMARTS) is 1. The number of hydrogen-bond acceptors (Lipinski definition) is 2. The van der Waals surface area contributed by atoms with E-state index in [1.807, 2.05) is 6.07 Å². The first-order valence-electron chi connectivity index (χ1n) is 7.15. The van der Waals surface area contributed by atoms with Gasteiger partial charge in [-0.05, 0) is 61.2 Å². The maximum atomic E-state index is 11.9. The van der Waals surface area contributed by atoms with Crippen LogP contribution in [0.5, 0.6) is 0 Å². The van der Waals surface area contributed by atoms with Crippen molar-refractivity contribution in [3.63, 3.8) is 0 Å². The molecule has 0 saturated carbocycles. The minimum Gasteiger partial charge on any atom is -0.478 e. The number of nitrogens with one attached hydrogen (secondary N) is 1. The molecular formula is C18H19NO3. The summed E-state index contributed by atoms with van der Waals surface area (Å²) in [5.74, 6) is -1.06. The zero-order valence-electron chi connectivity index (χ0n) is 12.7. The van der Waals surface area contributed by atoms with Gasteiger partial charge in [-0.2, -0.15) is 0 Å². The van der Waals surface area contributed by atoms with Gasteiger partial charge in [-0.15, -0.1) is 0 Å². The number of rotatable bonds is 5. The fraction of sp³-hybridized carbons (Fsp3) is 0.222. The predicted octanol–water partition coefficient (Wildman–Crippen LogP) is 3.57. The van der Waals surface area contributed by atoms with Crippen LogP contribution in [0.25, 0.3) is 0 Å². The SMILES string of the molecule is Cc1ccc(CCC(=O)Nc2ccc(C(=O)O)cc2)cc1C. The molecule has 0 aliphatic heterocycles. The van der Waals surface area contributed by atoms with Gasteiger partial charge in [0.2, 0.25) is 5.91 Å². The topological polar surface area (TPSA) is 66.4 Å². The highest BCUT2D eigenvalue weighted by Crippen LogP contribution is 2.13. The minimum atomic E-state index is -0.979. The first kappa shape index (κ1) is 15.8. The van der Waals surface area contributed by atoms with Gasteiger partial charge in [0.1, 0.15) is 0 Å². The lowest BCUT2D eigenvalue weighted by Gasteiger charge is -2.07. The molecule has 1 amide bonds. The van der Waals surface area contributed by atoms with E-state index >= 15 is 0 Å². The van der Waals surface area contributed by atoms with Crippen LogP contribution in [-0.4, -0.2) is 17.0 Å². The molecule has 0 heterocycles. The van der Waals surface area contributed by atoms with Crippen LogP contribution < -0.4 is 5.32 Å². The molecule has 0 radical (unpaired) electrons. The average molecular weight is 297 g/mol. The van der Waals surface area contributed by atoms with Gasteiger partial charge in [0, 0.05) is 12.1 Å². The van der Waals surface area contributed by atoms with E-state index in [2.05, 4.69) is 31.3 Å². The van der Waals surface area contributed by atoms with Gasteiger partial charge in [0.05, 0.1) is 5.56 Å². The van der Waals surface area contributed by atoms with Crippen molar-refractivity contribution in [2.45, 2.75) is 26.7 Å². The van der Waals surface area contributed by atoms with Crippen LogP contribution >= 0.6 is 0 Å². The van der Waals surface area contributed by atoms with Crippen LogP contribution in [0, 0.1) is 13.8 Å². The van der Waals surface area contributed by atoms with E-state index in [-0.39, 0.29) is 11.5 Å². The summed E-state index contributed by atoms with van der Waals surface area (Å²) in [6.07, 6.45) is 1.07. The van der Waals surface area contributed by atoms with Crippen molar-refractivity contribution in [1.82, 2.24) is 0 Å². The molecule has 114 valence electrons. The van der Waals surface area contributed by atoms with Crippen molar-refractivity contribution in [1.29, 1.82) is 0 Å². The fourth-order valence-electron chi connectivity index (χ4n) is 2.14. The molecule has 0 aromatic heterocycles. The lowest BCUT2D eigenvalue weighted by atomic mass is 10.0. The monoisotopic (exact) mass is 297 g/mol. The third-order valence-corrected chi connectivity index (χ3v) is 3.63. The summed E-state index contributed by atoms with van der Waals surface area (Å²) in [6, 6.07) is 12.3. The second-order valence-corrected chi connectivity index (χ2v) is 5.35. The van der Waals surface area contributed by atoms with Crippen LogP contribution in [0.1, 0.15) is 33.5 Å². The van der Waals surface area contributed by atoms with E-state index < -0.39 is 5.97 Å². The number of carbonyl (C=O) groups excluding carboxylic acids is 1. The number of amides is 1. The van der Waals surface area contributed by atoms with Crippen molar-refractivity contribution in [2.75, 3.05) is 5.32 Å².